The maximum Gasteiger partial charge on any atom is 0.337 e. The highest BCUT2D eigenvalue weighted by Gasteiger charge is 2.05. The van der Waals surface area contributed by atoms with Gasteiger partial charge in [-0.25, -0.2) is 9.79 Å². The second-order valence-corrected chi connectivity index (χ2v) is 5.59. The number of rotatable bonds is 7. The summed E-state index contributed by atoms with van der Waals surface area (Å²) in [7, 11) is 3.03. The Balaban J connectivity index is 1.95. The smallest absolute Gasteiger partial charge is 0.337 e. The summed E-state index contributed by atoms with van der Waals surface area (Å²) in [4.78, 5) is 16.1. The van der Waals surface area contributed by atoms with Crippen molar-refractivity contribution in [1.82, 2.24) is 10.6 Å². The van der Waals surface area contributed by atoms with Crippen molar-refractivity contribution in [1.29, 1.82) is 0 Å². The summed E-state index contributed by atoms with van der Waals surface area (Å²) >= 11 is 0. The van der Waals surface area contributed by atoms with E-state index in [9.17, 15) is 4.79 Å². The van der Waals surface area contributed by atoms with E-state index in [-0.39, 0.29) is 5.97 Å². The van der Waals surface area contributed by atoms with Crippen LogP contribution < -0.4 is 15.4 Å². The van der Waals surface area contributed by atoms with E-state index >= 15 is 0 Å². The molecule has 0 aromatic heterocycles. The molecule has 0 radical (unpaired) electrons. The lowest BCUT2D eigenvalue weighted by molar-refractivity contribution is 0.0600. The standard InChI is InChI=1S/C20H25N3O3/c1-4-21-20(23-14-16-7-11-18(25-2)12-8-16)22-13-15-5-9-17(10-6-15)19(24)26-3/h5-12H,4,13-14H2,1-3H3,(H2,21,22,23). The van der Waals surface area contributed by atoms with Crippen LogP contribution >= 0.6 is 0 Å². The van der Waals surface area contributed by atoms with Gasteiger partial charge in [-0.1, -0.05) is 24.3 Å². The van der Waals surface area contributed by atoms with Crippen molar-refractivity contribution < 1.29 is 14.3 Å². The van der Waals surface area contributed by atoms with E-state index in [1.807, 2.05) is 43.3 Å². The number of nitrogens with zero attached hydrogens (tertiary/aromatic N) is 1. The Labute approximate surface area is 154 Å². The van der Waals surface area contributed by atoms with Crippen molar-refractivity contribution in [3.63, 3.8) is 0 Å². The van der Waals surface area contributed by atoms with E-state index in [2.05, 4.69) is 15.6 Å². The lowest BCUT2D eigenvalue weighted by atomic mass is 10.1. The van der Waals surface area contributed by atoms with Gasteiger partial charge in [-0.15, -0.1) is 0 Å². The Bertz CT molecular complexity index is 725. The molecule has 0 atom stereocenters. The molecule has 2 N–H and O–H groups in total. The number of carbonyl (C=O) groups is 1. The first-order valence-electron chi connectivity index (χ1n) is 8.48. The number of hydrogen-bond donors (Lipinski definition) is 2. The van der Waals surface area contributed by atoms with Crippen LogP contribution in [-0.4, -0.2) is 32.7 Å². The van der Waals surface area contributed by atoms with Crippen molar-refractivity contribution in [3.8, 4) is 5.75 Å². The van der Waals surface area contributed by atoms with Gasteiger partial charge in [0, 0.05) is 13.1 Å². The molecule has 0 aliphatic carbocycles. The maximum absolute atomic E-state index is 11.5. The molecule has 0 aliphatic heterocycles. The van der Waals surface area contributed by atoms with Crippen LogP contribution in [0.1, 0.15) is 28.4 Å². The van der Waals surface area contributed by atoms with Crippen molar-refractivity contribution >= 4 is 11.9 Å². The Morgan fingerprint density at radius 3 is 2.19 bits per heavy atom. The van der Waals surface area contributed by atoms with E-state index in [4.69, 9.17) is 9.47 Å². The first-order valence-corrected chi connectivity index (χ1v) is 8.48. The molecule has 2 rings (SSSR count). The molecule has 0 spiro atoms. The Morgan fingerprint density at radius 2 is 1.62 bits per heavy atom. The monoisotopic (exact) mass is 355 g/mol. The van der Waals surface area contributed by atoms with Crippen LogP contribution in [0.2, 0.25) is 0 Å². The van der Waals surface area contributed by atoms with E-state index in [1.165, 1.54) is 7.11 Å². The second-order valence-electron chi connectivity index (χ2n) is 5.59. The van der Waals surface area contributed by atoms with Crippen molar-refractivity contribution in [2.24, 2.45) is 4.99 Å². The molecule has 6 nitrogen and oxygen atoms in total. The van der Waals surface area contributed by atoms with Gasteiger partial charge in [-0.3, -0.25) is 0 Å². The lowest BCUT2D eigenvalue weighted by Gasteiger charge is -2.12. The zero-order valence-electron chi connectivity index (χ0n) is 15.4. The van der Waals surface area contributed by atoms with Crippen molar-refractivity contribution in [3.05, 3.63) is 65.2 Å². The molecule has 0 bridgehead atoms. The Kier molecular flexibility index (Phi) is 7.49. The van der Waals surface area contributed by atoms with E-state index in [0.717, 1.165) is 29.4 Å². The van der Waals surface area contributed by atoms with Gasteiger partial charge in [0.15, 0.2) is 5.96 Å². The molecular formula is C20H25N3O3. The van der Waals surface area contributed by atoms with Crippen LogP contribution in [-0.2, 0) is 17.8 Å². The van der Waals surface area contributed by atoms with Gasteiger partial charge in [0.1, 0.15) is 5.75 Å². The summed E-state index contributed by atoms with van der Waals surface area (Å²) in [5.74, 6) is 1.23. The Hall–Kier alpha value is -3.02. The quantitative estimate of drug-likeness (QED) is 0.454. The van der Waals surface area contributed by atoms with Crippen molar-refractivity contribution in [2.75, 3.05) is 20.8 Å². The average Bonchev–Trinajstić information content (AvgIpc) is 2.70. The van der Waals surface area contributed by atoms with Crippen LogP contribution in [0, 0.1) is 0 Å². The normalized spacial score (nSPS) is 11.0. The highest BCUT2D eigenvalue weighted by molar-refractivity contribution is 5.89. The number of hydrogen-bond acceptors (Lipinski definition) is 4. The van der Waals surface area contributed by atoms with Crippen molar-refractivity contribution in [2.45, 2.75) is 20.0 Å². The van der Waals surface area contributed by atoms with Crippen LogP contribution in [0.25, 0.3) is 0 Å². The first-order chi connectivity index (χ1) is 12.7. The predicted molar refractivity (Wildman–Crippen MR) is 102 cm³/mol. The number of ether oxygens (including phenoxy) is 2. The average molecular weight is 355 g/mol. The minimum Gasteiger partial charge on any atom is -0.497 e. The number of nitrogens with one attached hydrogen (secondary N) is 2. The van der Waals surface area contributed by atoms with Gasteiger partial charge in [-0.05, 0) is 42.3 Å². The van der Waals surface area contributed by atoms with Crippen LogP contribution in [0.5, 0.6) is 5.75 Å². The lowest BCUT2D eigenvalue weighted by Crippen LogP contribution is -2.36. The first kappa shape index (κ1) is 19.3. The number of guanidine groups is 1. The van der Waals surface area contributed by atoms with Gasteiger partial charge < -0.3 is 20.1 Å². The summed E-state index contributed by atoms with van der Waals surface area (Å²) in [5, 5.41) is 6.51. The Morgan fingerprint density at radius 1 is 0.962 bits per heavy atom. The van der Waals surface area contributed by atoms with Crippen LogP contribution in [0.15, 0.2) is 53.5 Å². The molecule has 26 heavy (non-hydrogen) atoms. The molecule has 0 saturated heterocycles. The second kappa shape index (κ2) is 10.1. The fraction of sp³-hybridized carbons (Fsp3) is 0.300. The molecule has 0 aliphatic rings. The number of methoxy groups -OCH3 is 2. The number of carbonyl (C=O) groups excluding carboxylic acids is 1. The number of aliphatic imine (C=N–C) groups is 1. The van der Waals surface area contributed by atoms with E-state index in [1.54, 1.807) is 19.2 Å². The largest absolute Gasteiger partial charge is 0.497 e. The number of benzene rings is 2. The van der Waals surface area contributed by atoms with Gasteiger partial charge in [0.2, 0.25) is 0 Å². The summed E-state index contributed by atoms with van der Waals surface area (Å²) in [6.07, 6.45) is 0. The molecule has 0 unspecified atom stereocenters. The minimum atomic E-state index is -0.334. The molecule has 0 saturated carbocycles. The topological polar surface area (TPSA) is 72.0 Å². The number of esters is 1. The SMILES string of the molecule is CCNC(=NCc1ccc(OC)cc1)NCc1ccc(C(=O)OC)cc1. The highest BCUT2D eigenvalue weighted by Crippen LogP contribution is 2.12. The molecule has 0 fully saturated rings. The molecule has 2 aromatic rings. The molecule has 2 aromatic carbocycles. The molecule has 138 valence electrons. The van der Waals surface area contributed by atoms with Gasteiger partial charge >= 0.3 is 5.97 Å². The summed E-state index contributed by atoms with van der Waals surface area (Å²) in [6, 6.07) is 15.1. The summed E-state index contributed by atoms with van der Waals surface area (Å²) in [5.41, 5.74) is 2.69. The summed E-state index contributed by atoms with van der Waals surface area (Å²) < 4.78 is 9.87. The van der Waals surface area contributed by atoms with E-state index < -0.39 is 0 Å². The predicted octanol–water partition coefficient (Wildman–Crippen LogP) is 2.74. The molecule has 0 amide bonds. The third kappa shape index (κ3) is 5.81. The van der Waals surface area contributed by atoms with Gasteiger partial charge in [0.05, 0.1) is 26.3 Å². The maximum atomic E-state index is 11.5. The third-order valence-corrected chi connectivity index (χ3v) is 3.76. The minimum absolute atomic E-state index is 0.334. The summed E-state index contributed by atoms with van der Waals surface area (Å²) in [6.45, 7) is 3.97. The van der Waals surface area contributed by atoms with Crippen LogP contribution in [0.4, 0.5) is 0 Å². The fourth-order valence-corrected chi connectivity index (χ4v) is 2.31. The molecular weight excluding hydrogens is 330 g/mol. The molecule has 0 heterocycles. The van der Waals surface area contributed by atoms with Gasteiger partial charge in [0.25, 0.3) is 0 Å². The fourth-order valence-electron chi connectivity index (χ4n) is 2.31. The third-order valence-electron chi connectivity index (χ3n) is 3.76. The van der Waals surface area contributed by atoms with Gasteiger partial charge in [-0.2, -0.15) is 0 Å². The zero-order valence-corrected chi connectivity index (χ0v) is 15.4. The van der Waals surface area contributed by atoms with E-state index in [0.29, 0.717) is 18.7 Å². The molecule has 6 heteroatoms. The van der Waals surface area contributed by atoms with Crippen LogP contribution in [0.3, 0.4) is 0 Å². The highest BCUT2D eigenvalue weighted by atomic mass is 16.5. The zero-order chi connectivity index (χ0) is 18.8.